The van der Waals surface area contributed by atoms with Crippen LogP contribution in [0.5, 0.6) is 0 Å². The Bertz CT molecular complexity index is 139. The molecule has 0 aromatic carbocycles. The number of ether oxygens (including phenoxy) is 1. The van der Waals surface area contributed by atoms with Crippen molar-refractivity contribution in [3.63, 3.8) is 0 Å². The van der Waals surface area contributed by atoms with Crippen LogP contribution in [0, 0.1) is 0 Å². The molecule has 0 N–H and O–H groups in total. The van der Waals surface area contributed by atoms with E-state index in [9.17, 15) is 4.39 Å². The summed E-state index contributed by atoms with van der Waals surface area (Å²) in [6.07, 6.45) is 0.456. The van der Waals surface area contributed by atoms with Crippen LogP contribution in [0.15, 0.2) is 0 Å². The number of hydrogen-bond donors (Lipinski definition) is 0. The average Bonchev–Trinajstić information content (AvgIpc) is 2.02. The maximum atomic E-state index is 12.6. The number of alkyl halides is 6. The summed E-state index contributed by atoms with van der Waals surface area (Å²) >= 11 is 26.4. The van der Waals surface area contributed by atoms with Crippen LogP contribution in [0.1, 0.15) is 6.42 Å². The van der Waals surface area contributed by atoms with E-state index in [4.69, 9.17) is 62.7 Å². The van der Waals surface area contributed by atoms with Crippen LogP contribution in [0.25, 0.3) is 0 Å². The molecular formula is C6H8Cl5FO. The largest absolute Gasteiger partial charge is 0.356 e. The fourth-order valence-corrected chi connectivity index (χ4v) is 0.929. The van der Waals surface area contributed by atoms with Crippen molar-refractivity contribution >= 4 is 58.0 Å². The van der Waals surface area contributed by atoms with E-state index in [1.165, 1.54) is 0 Å². The van der Waals surface area contributed by atoms with Crippen LogP contribution in [0.4, 0.5) is 4.39 Å². The molecule has 0 aliphatic heterocycles. The van der Waals surface area contributed by atoms with Crippen LogP contribution < -0.4 is 0 Å². The zero-order valence-electron chi connectivity index (χ0n) is 6.45. The molecule has 0 saturated carbocycles. The van der Waals surface area contributed by atoms with Gasteiger partial charge in [0.25, 0.3) is 4.59 Å². The van der Waals surface area contributed by atoms with Gasteiger partial charge in [0.2, 0.25) is 0 Å². The Kier molecular flexibility index (Phi) is 7.45. The van der Waals surface area contributed by atoms with Gasteiger partial charge in [0.1, 0.15) is 0 Å². The lowest BCUT2D eigenvalue weighted by Gasteiger charge is -2.17. The fraction of sp³-hybridized carbons (Fsp3) is 1.00. The Morgan fingerprint density at radius 1 is 1.31 bits per heavy atom. The smallest absolute Gasteiger partial charge is 0.297 e. The molecule has 0 heterocycles. The van der Waals surface area contributed by atoms with Crippen molar-refractivity contribution in [1.29, 1.82) is 0 Å². The lowest BCUT2D eigenvalue weighted by Crippen LogP contribution is -2.25. The van der Waals surface area contributed by atoms with Gasteiger partial charge in [-0.25, -0.2) is 4.39 Å². The average molecular weight is 292 g/mol. The molecule has 0 aliphatic rings. The van der Waals surface area contributed by atoms with Gasteiger partial charge < -0.3 is 4.74 Å². The minimum absolute atomic E-state index is 0.153. The van der Waals surface area contributed by atoms with Gasteiger partial charge in [-0.05, 0) is 6.42 Å². The van der Waals surface area contributed by atoms with E-state index in [0.717, 1.165) is 0 Å². The highest BCUT2D eigenvalue weighted by Gasteiger charge is 2.34. The van der Waals surface area contributed by atoms with Crippen LogP contribution in [-0.4, -0.2) is 28.0 Å². The molecule has 80 valence electrons. The zero-order chi connectivity index (χ0) is 10.5. The van der Waals surface area contributed by atoms with E-state index < -0.39 is 10.2 Å². The molecule has 0 bridgehead atoms. The van der Waals surface area contributed by atoms with Crippen molar-refractivity contribution in [2.75, 3.05) is 12.5 Å². The molecular weight excluding hydrogens is 284 g/mol. The molecule has 0 amide bonds. The molecule has 2 unspecified atom stereocenters. The van der Waals surface area contributed by atoms with Gasteiger partial charge in [0.05, 0.1) is 6.61 Å². The maximum Gasteiger partial charge on any atom is 0.297 e. The second kappa shape index (κ2) is 6.76. The minimum atomic E-state index is -2.59. The number of rotatable bonds is 6. The van der Waals surface area contributed by atoms with Crippen molar-refractivity contribution in [1.82, 2.24) is 0 Å². The van der Waals surface area contributed by atoms with E-state index in [1.807, 2.05) is 0 Å². The van der Waals surface area contributed by atoms with Crippen LogP contribution >= 0.6 is 58.0 Å². The van der Waals surface area contributed by atoms with Gasteiger partial charge in [-0.3, -0.25) is 0 Å². The summed E-state index contributed by atoms with van der Waals surface area (Å²) in [5, 5.41) is -0.231. The van der Waals surface area contributed by atoms with Gasteiger partial charge in [-0.2, -0.15) is 0 Å². The van der Waals surface area contributed by atoms with Gasteiger partial charge in [0.15, 0.2) is 5.56 Å². The molecule has 13 heavy (non-hydrogen) atoms. The molecule has 1 nitrogen and oxygen atoms in total. The van der Waals surface area contributed by atoms with Gasteiger partial charge in [-0.15, -0.1) is 23.2 Å². The first-order valence-electron chi connectivity index (χ1n) is 3.40. The Morgan fingerprint density at radius 2 is 1.85 bits per heavy atom. The second-order valence-electron chi connectivity index (χ2n) is 2.27. The van der Waals surface area contributed by atoms with Crippen molar-refractivity contribution < 1.29 is 9.13 Å². The molecule has 0 saturated heterocycles. The molecule has 0 aromatic rings. The molecule has 0 radical (unpaired) electrons. The van der Waals surface area contributed by atoms with Crippen molar-refractivity contribution in [2.45, 2.75) is 21.9 Å². The van der Waals surface area contributed by atoms with Crippen LogP contribution in [0.3, 0.4) is 0 Å². The van der Waals surface area contributed by atoms with E-state index in [1.54, 1.807) is 0 Å². The summed E-state index contributed by atoms with van der Waals surface area (Å²) in [4.78, 5) is 0. The standard InChI is InChI=1S/C6H8Cl5FO/c7-3-4(8)1-2-13-5(9)6(10,11)12/h4-5H,1-3H2. The third-order valence-corrected chi connectivity index (χ3v) is 3.07. The summed E-state index contributed by atoms with van der Waals surface area (Å²) in [5.74, 6) is 0.292. The van der Waals surface area contributed by atoms with E-state index in [0.29, 0.717) is 12.3 Å². The molecule has 0 rings (SSSR count). The highest BCUT2D eigenvalue weighted by atomic mass is 35.5. The van der Waals surface area contributed by atoms with Crippen molar-refractivity contribution in [3.05, 3.63) is 0 Å². The third kappa shape index (κ3) is 7.29. The Labute approximate surface area is 101 Å². The van der Waals surface area contributed by atoms with Gasteiger partial charge in [0, 0.05) is 11.3 Å². The quantitative estimate of drug-likeness (QED) is 0.675. The third-order valence-electron chi connectivity index (χ3n) is 1.12. The number of hydrogen-bond acceptors (Lipinski definition) is 1. The minimum Gasteiger partial charge on any atom is -0.356 e. The first-order valence-corrected chi connectivity index (χ1v) is 5.56. The van der Waals surface area contributed by atoms with Crippen molar-refractivity contribution in [3.8, 4) is 0 Å². The van der Waals surface area contributed by atoms with Crippen LogP contribution in [-0.2, 0) is 4.74 Å². The zero-order valence-corrected chi connectivity index (χ0v) is 10.2. The highest BCUT2D eigenvalue weighted by molar-refractivity contribution is 6.50. The van der Waals surface area contributed by atoms with Crippen molar-refractivity contribution in [2.24, 2.45) is 0 Å². The summed E-state index contributed by atoms with van der Waals surface area (Å²) < 4.78 is 14.8. The molecule has 0 spiro atoms. The van der Waals surface area contributed by atoms with E-state index >= 15 is 0 Å². The summed E-state index contributed by atoms with van der Waals surface area (Å²) in [7, 11) is 0. The first-order chi connectivity index (χ1) is 5.88. The monoisotopic (exact) mass is 290 g/mol. The Hall–Kier alpha value is 1.34. The van der Waals surface area contributed by atoms with Crippen LogP contribution in [0.2, 0.25) is 0 Å². The molecule has 0 aliphatic carbocycles. The SMILES string of the molecule is FC(Cl)(Cl)C(Cl)OCCC(Cl)CCl. The summed E-state index contributed by atoms with van der Waals surface area (Å²) in [6.45, 7) is 0.153. The Balaban J connectivity index is 3.54. The van der Waals surface area contributed by atoms with Gasteiger partial charge >= 0.3 is 0 Å². The predicted octanol–water partition coefficient (Wildman–Crippen LogP) is 3.91. The van der Waals surface area contributed by atoms with E-state index in [-0.39, 0.29) is 12.0 Å². The first kappa shape index (κ1) is 14.3. The normalized spacial score (nSPS) is 17.1. The number of halogens is 6. The molecule has 0 aromatic heterocycles. The van der Waals surface area contributed by atoms with E-state index in [2.05, 4.69) is 0 Å². The fourth-order valence-electron chi connectivity index (χ4n) is 0.471. The topological polar surface area (TPSA) is 9.23 Å². The second-order valence-corrected chi connectivity index (χ2v) is 4.88. The summed E-state index contributed by atoms with van der Waals surface area (Å²) in [6, 6.07) is 0. The summed E-state index contributed by atoms with van der Waals surface area (Å²) in [5.41, 5.74) is -1.41. The highest BCUT2D eigenvalue weighted by Crippen LogP contribution is 2.31. The Morgan fingerprint density at radius 3 is 2.23 bits per heavy atom. The lowest BCUT2D eigenvalue weighted by atomic mass is 10.3. The lowest BCUT2D eigenvalue weighted by molar-refractivity contribution is 0.0618. The maximum absolute atomic E-state index is 12.6. The molecule has 2 atom stereocenters. The van der Waals surface area contributed by atoms with Gasteiger partial charge in [-0.1, -0.05) is 34.8 Å². The predicted molar refractivity (Wildman–Crippen MR) is 56.1 cm³/mol. The molecule has 0 fully saturated rings. The molecule has 7 heteroatoms.